The molecule has 20 heavy (non-hydrogen) atoms. The standard InChI is InChI=1S/C14H23N3O3/c1-11-13(16-10-20-11)14(19)15-6-4-8-17-7-3-2-5-12(17)9-18/h10,12,18H,2-9H2,1H3,(H,15,19)/t12-/m0/s1. The molecule has 112 valence electrons. The van der Waals surface area contributed by atoms with Crippen LogP contribution in [-0.2, 0) is 0 Å². The average Bonchev–Trinajstić information content (AvgIpc) is 2.90. The van der Waals surface area contributed by atoms with E-state index >= 15 is 0 Å². The largest absolute Gasteiger partial charge is 0.448 e. The molecule has 0 bridgehead atoms. The van der Waals surface area contributed by atoms with E-state index in [1.807, 2.05) is 0 Å². The number of aliphatic hydroxyl groups is 1. The number of nitrogens with one attached hydrogen (secondary N) is 1. The number of rotatable bonds is 6. The van der Waals surface area contributed by atoms with E-state index in [9.17, 15) is 9.90 Å². The summed E-state index contributed by atoms with van der Waals surface area (Å²) in [5.41, 5.74) is 0.358. The minimum absolute atomic E-state index is 0.186. The summed E-state index contributed by atoms with van der Waals surface area (Å²) in [6.45, 7) is 4.51. The van der Waals surface area contributed by atoms with Crippen LogP contribution < -0.4 is 5.32 Å². The Bertz CT molecular complexity index is 433. The Morgan fingerprint density at radius 1 is 1.60 bits per heavy atom. The van der Waals surface area contributed by atoms with Crippen molar-refractivity contribution in [2.75, 3.05) is 26.2 Å². The number of hydrogen-bond donors (Lipinski definition) is 2. The molecule has 1 fully saturated rings. The van der Waals surface area contributed by atoms with Crippen molar-refractivity contribution in [3.05, 3.63) is 17.8 Å². The van der Waals surface area contributed by atoms with Crippen molar-refractivity contribution in [1.82, 2.24) is 15.2 Å². The number of carbonyl (C=O) groups excluding carboxylic acids is 1. The van der Waals surface area contributed by atoms with Gasteiger partial charge in [0.25, 0.3) is 5.91 Å². The maximum atomic E-state index is 11.8. The zero-order valence-electron chi connectivity index (χ0n) is 12.0. The highest BCUT2D eigenvalue weighted by molar-refractivity contribution is 5.92. The summed E-state index contributed by atoms with van der Waals surface area (Å²) >= 11 is 0. The van der Waals surface area contributed by atoms with Gasteiger partial charge in [-0.3, -0.25) is 9.69 Å². The summed E-state index contributed by atoms with van der Waals surface area (Å²) in [6.07, 6.45) is 5.62. The van der Waals surface area contributed by atoms with E-state index in [2.05, 4.69) is 15.2 Å². The topological polar surface area (TPSA) is 78.6 Å². The molecule has 6 nitrogen and oxygen atoms in total. The molecule has 2 rings (SSSR count). The van der Waals surface area contributed by atoms with Crippen molar-refractivity contribution in [2.24, 2.45) is 0 Å². The van der Waals surface area contributed by atoms with Crippen LogP contribution in [0.3, 0.4) is 0 Å². The van der Waals surface area contributed by atoms with Crippen LogP contribution in [0, 0.1) is 6.92 Å². The van der Waals surface area contributed by atoms with Gasteiger partial charge in [0, 0.05) is 19.1 Å². The van der Waals surface area contributed by atoms with Crippen molar-refractivity contribution in [3.8, 4) is 0 Å². The third-order valence-electron chi connectivity index (χ3n) is 3.83. The first-order chi connectivity index (χ1) is 9.72. The summed E-state index contributed by atoms with van der Waals surface area (Å²) in [5, 5.41) is 12.2. The van der Waals surface area contributed by atoms with Gasteiger partial charge in [-0.05, 0) is 32.7 Å². The second-order valence-corrected chi connectivity index (χ2v) is 5.23. The first-order valence-corrected chi connectivity index (χ1v) is 7.25. The Morgan fingerprint density at radius 3 is 3.15 bits per heavy atom. The molecule has 1 aliphatic heterocycles. The second-order valence-electron chi connectivity index (χ2n) is 5.23. The number of amides is 1. The highest BCUT2D eigenvalue weighted by Gasteiger charge is 2.21. The highest BCUT2D eigenvalue weighted by atomic mass is 16.3. The van der Waals surface area contributed by atoms with E-state index in [-0.39, 0.29) is 18.6 Å². The zero-order chi connectivity index (χ0) is 14.4. The lowest BCUT2D eigenvalue weighted by Gasteiger charge is -2.34. The van der Waals surface area contributed by atoms with E-state index in [1.165, 1.54) is 19.2 Å². The molecule has 0 unspecified atom stereocenters. The number of likely N-dealkylation sites (tertiary alicyclic amines) is 1. The molecule has 1 atom stereocenters. The molecule has 6 heteroatoms. The third kappa shape index (κ3) is 3.80. The van der Waals surface area contributed by atoms with Crippen LogP contribution in [-0.4, -0.2) is 53.2 Å². The summed E-state index contributed by atoms with van der Waals surface area (Å²) in [7, 11) is 0. The molecule has 1 aromatic heterocycles. The Labute approximate surface area is 119 Å². The molecule has 0 saturated carbocycles. The summed E-state index contributed by atoms with van der Waals surface area (Å²) < 4.78 is 5.01. The fraction of sp³-hybridized carbons (Fsp3) is 0.714. The van der Waals surface area contributed by atoms with Crippen LogP contribution in [0.2, 0.25) is 0 Å². The number of nitrogens with zero attached hydrogens (tertiary/aromatic N) is 2. The van der Waals surface area contributed by atoms with Crippen LogP contribution in [0.5, 0.6) is 0 Å². The molecular weight excluding hydrogens is 258 g/mol. The summed E-state index contributed by atoms with van der Waals surface area (Å²) in [6, 6.07) is 0.289. The van der Waals surface area contributed by atoms with E-state index in [4.69, 9.17) is 4.42 Å². The quantitative estimate of drug-likeness (QED) is 0.759. The summed E-state index contributed by atoms with van der Waals surface area (Å²) in [4.78, 5) is 18.0. The molecule has 0 aromatic carbocycles. The molecule has 0 aliphatic carbocycles. The number of carbonyl (C=O) groups is 1. The van der Waals surface area contributed by atoms with E-state index in [1.54, 1.807) is 6.92 Å². The van der Waals surface area contributed by atoms with Crippen LogP contribution in [0.15, 0.2) is 10.8 Å². The number of oxazole rings is 1. The van der Waals surface area contributed by atoms with Gasteiger partial charge in [-0.15, -0.1) is 0 Å². The molecule has 1 saturated heterocycles. The molecule has 0 radical (unpaired) electrons. The Hall–Kier alpha value is -1.40. The smallest absolute Gasteiger partial charge is 0.273 e. The van der Waals surface area contributed by atoms with Crippen molar-refractivity contribution < 1.29 is 14.3 Å². The third-order valence-corrected chi connectivity index (χ3v) is 3.83. The van der Waals surface area contributed by atoms with Crippen LogP contribution >= 0.6 is 0 Å². The number of aliphatic hydroxyl groups excluding tert-OH is 1. The van der Waals surface area contributed by atoms with Gasteiger partial charge in [0.15, 0.2) is 12.1 Å². The molecular formula is C14H23N3O3. The van der Waals surface area contributed by atoms with Gasteiger partial charge in [-0.25, -0.2) is 4.98 Å². The van der Waals surface area contributed by atoms with Gasteiger partial charge >= 0.3 is 0 Å². The maximum absolute atomic E-state index is 11.8. The molecule has 2 heterocycles. The summed E-state index contributed by atoms with van der Waals surface area (Å²) in [5.74, 6) is 0.354. The average molecular weight is 281 g/mol. The van der Waals surface area contributed by atoms with E-state index in [0.717, 1.165) is 25.9 Å². The first-order valence-electron chi connectivity index (χ1n) is 7.25. The Kier molecular flexibility index (Phi) is 5.55. The van der Waals surface area contributed by atoms with Gasteiger partial charge in [0.2, 0.25) is 0 Å². The van der Waals surface area contributed by atoms with Crippen molar-refractivity contribution in [2.45, 2.75) is 38.6 Å². The maximum Gasteiger partial charge on any atom is 0.273 e. The normalized spacial score (nSPS) is 20.0. The SMILES string of the molecule is Cc1ocnc1C(=O)NCCCN1CCCC[C@H]1CO. The minimum atomic E-state index is -0.186. The van der Waals surface area contributed by atoms with Crippen LogP contribution in [0.25, 0.3) is 0 Å². The number of aryl methyl sites for hydroxylation is 1. The van der Waals surface area contributed by atoms with Gasteiger partial charge < -0.3 is 14.8 Å². The fourth-order valence-electron chi connectivity index (χ4n) is 2.65. The monoisotopic (exact) mass is 281 g/mol. The van der Waals surface area contributed by atoms with Crippen LogP contribution in [0.1, 0.15) is 41.9 Å². The lowest BCUT2D eigenvalue weighted by molar-refractivity contribution is 0.0866. The molecule has 2 N–H and O–H groups in total. The molecule has 1 aromatic rings. The molecule has 0 spiro atoms. The number of hydrogen-bond acceptors (Lipinski definition) is 5. The zero-order valence-corrected chi connectivity index (χ0v) is 12.0. The Balaban J connectivity index is 1.68. The predicted octanol–water partition coefficient (Wildman–Crippen LogP) is 0.950. The van der Waals surface area contributed by atoms with Gasteiger partial charge in [0.05, 0.1) is 6.61 Å². The fourth-order valence-corrected chi connectivity index (χ4v) is 2.65. The first kappa shape index (κ1) is 15.0. The number of piperidine rings is 1. The lowest BCUT2D eigenvalue weighted by atomic mass is 10.0. The van der Waals surface area contributed by atoms with Crippen molar-refractivity contribution in [3.63, 3.8) is 0 Å². The van der Waals surface area contributed by atoms with E-state index < -0.39 is 0 Å². The van der Waals surface area contributed by atoms with Crippen molar-refractivity contribution in [1.29, 1.82) is 0 Å². The minimum Gasteiger partial charge on any atom is -0.448 e. The molecule has 1 amide bonds. The Morgan fingerprint density at radius 2 is 2.45 bits per heavy atom. The van der Waals surface area contributed by atoms with Gasteiger partial charge in [0.1, 0.15) is 5.76 Å². The second kappa shape index (κ2) is 7.40. The van der Waals surface area contributed by atoms with Gasteiger partial charge in [-0.1, -0.05) is 6.42 Å². The predicted molar refractivity (Wildman–Crippen MR) is 74.5 cm³/mol. The lowest BCUT2D eigenvalue weighted by Crippen LogP contribution is -2.43. The van der Waals surface area contributed by atoms with Gasteiger partial charge in [-0.2, -0.15) is 0 Å². The highest BCUT2D eigenvalue weighted by Crippen LogP contribution is 2.16. The van der Waals surface area contributed by atoms with E-state index in [0.29, 0.717) is 18.0 Å². The number of aromatic nitrogens is 1. The van der Waals surface area contributed by atoms with Crippen LogP contribution in [0.4, 0.5) is 0 Å². The van der Waals surface area contributed by atoms with Crippen molar-refractivity contribution >= 4 is 5.91 Å². The molecule has 1 aliphatic rings.